The van der Waals surface area contributed by atoms with Gasteiger partial charge < -0.3 is 10.2 Å². The number of carbonyl (C=O) groups is 2. The lowest BCUT2D eigenvalue weighted by molar-refractivity contribution is 0.0792. The van der Waals surface area contributed by atoms with Crippen LogP contribution in [0.4, 0.5) is 4.39 Å². The second kappa shape index (κ2) is 9.39. The van der Waals surface area contributed by atoms with Crippen molar-refractivity contribution in [1.82, 2.24) is 15.2 Å². The Hall–Kier alpha value is -3.06. The summed E-state index contributed by atoms with van der Waals surface area (Å²) >= 11 is 1.35. The van der Waals surface area contributed by atoms with Crippen LogP contribution in [0.5, 0.6) is 0 Å². The van der Waals surface area contributed by atoms with Gasteiger partial charge in [-0.2, -0.15) is 0 Å². The Morgan fingerprint density at radius 3 is 2.58 bits per heavy atom. The maximum absolute atomic E-state index is 13.1. The van der Waals surface area contributed by atoms with Crippen LogP contribution in [0.2, 0.25) is 0 Å². The summed E-state index contributed by atoms with van der Waals surface area (Å²) in [5.74, 6) is -0.406. The number of benzene rings is 2. The van der Waals surface area contributed by atoms with Gasteiger partial charge in [0, 0.05) is 31.6 Å². The second-order valence-corrected chi connectivity index (χ2v) is 8.79. The summed E-state index contributed by atoms with van der Waals surface area (Å²) in [5.41, 5.74) is 3.16. The van der Waals surface area contributed by atoms with Crippen LogP contribution < -0.4 is 5.32 Å². The van der Waals surface area contributed by atoms with Crippen LogP contribution in [0.3, 0.4) is 0 Å². The van der Waals surface area contributed by atoms with Crippen LogP contribution in [0.25, 0.3) is 0 Å². The van der Waals surface area contributed by atoms with Gasteiger partial charge in [0.15, 0.2) is 0 Å². The number of hydrogen-bond donors (Lipinski definition) is 1. The fraction of sp³-hybridized carbons (Fsp3) is 0.292. The minimum atomic E-state index is -0.273. The highest BCUT2D eigenvalue weighted by Crippen LogP contribution is 2.21. The topological polar surface area (TPSA) is 62.3 Å². The highest BCUT2D eigenvalue weighted by Gasteiger charge is 2.20. The zero-order valence-corrected chi connectivity index (χ0v) is 18.2. The van der Waals surface area contributed by atoms with E-state index in [0.29, 0.717) is 29.1 Å². The largest absolute Gasteiger partial charge is 0.347 e. The fourth-order valence-corrected chi connectivity index (χ4v) is 4.71. The molecule has 0 radical (unpaired) electrons. The van der Waals surface area contributed by atoms with Crippen molar-refractivity contribution in [2.45, 2.75) is 32.7 Å². The van der Waals surface area contributed by atoms with Gasteiger partial charge in [-0.3, -0.25) is 9.59 Å². The smallest absolute Gasteiger partial charge is 0.263 e. The van der Waals surface area contributed by atoms with Crippen molar-refractivity contribution < 1.29 is 14.0 Å². The van der Waals surface area contributed by atoms with Crippen LogP contribution in [-0.2, 0) is 13.0 Å². The summed E-state index contributed by atoms with van der Waals surface area (Å²) in [6.45, 7) is 3.77. The Morgan fingerprint density at radius 1 is 1.10 bits per heavy atom. The number of nitrogens with zero attached hydrogens (tertiary/aromatic N) is 2. The minimum absolute atomic E-state index is 0.0504. The van der Waals surface area contributed by atoms with Crippen molar-refractivity contribution >= 4 is 23.2 Å². The lowest BCUT2D eigenvalue weighted by Crippen LogP contribution is -2.28. The molecule has 2 heterocycles. The quantitative estimate of drug-likeness (QED) is 0.624. The Labute approximate surface area is 184 Å². The van der Waals surface area contributed by atoms with Crippen molar-refractivity contribution in [2.24, 2.45) is 0 Å². The van der Waals surface area contributed by atoms with E-state index in [-0.39, 0.29) is 17.6 Å². The first kappa shape index (κ1) is 21.2. The van der Waals surface area contributed by atoms with E-state index in [0.717, 1.165) is 42.1 Å². The maximum atomic E-state index is 13.1. The molecule has 2 amide bonds. The number of amides is 2. The Kier molecular flexibility index (Phi) is 6.42. The van der Waals surface area contributed by atoms with E-state index < -0.39 is 0 Å². The molecule has 5 nitrogen and oxygen atoms in total. The third kappa shape index (κ3) is 5.17. The minimum Gasteiger partial charge on any atom is -0.347 e. The molecular formula is C24H24FN3O2S. The summed E-state index contributed by atoms with van der Waals surface area (Å²) in [5, 5.41) is 3.75. The van der Waals surface area contributed by atoms with Gasteiger partial charge in [0.1, 0.15) is 10.7 Å². The van der Waals surface area contributed by atoms with Crippen molar-refractivity contribution in [3.8, 4) is 0 Å². The summed E-state index contributed by atoms with van der Waals surface area (Å²) in [4.78, 5) is 32.2. The Balaban J connectivity index is 1.38. The van der Waals surface area contributed by atoms with Gasteiger partial charge in [-0.1, -0.05) is 24.3 Å². The molecule has 2 aromatic carbocycles. The van der Waals surface area contributed by atoms with Crippen LogP contribution in [0.15, 0.2) is 48.5 Å². The van der Waals surface area contributed by atoms with E-state index in [1.54, 1.807) is 12.1 Å². The normalized spacial score (nSPS) is 13.4. The summed E-state index contributed by atoms with van der Waals surface area (Å²) in [7, 11) is 0. The monoisotopic (exact) mass is 437 g/mol. The lowest BCUT2D eigenvalue weighted by atomic mass is 10.1. The van der Waals surface area contributed by atoms with E-state index in [1.807, 2.05) is 36.1 Å². The molecule has 4 rings (SSSR count). The number of rotatable bonds is 6. The SMILES string of the molecule is Cc1nc(Cc2ccc(F)cc2)sc1C(=O)NCc1cccc(C(=O)N2CCCC2)c1. The molecule has 160 valence electrons. The molecule has 1 aromatic heterocycles. The van der Waals surface area contributed by atoms with E-state index in [9.17, 15) is 14.0 Å². The summed E-state index contributed by atoms with van der Waals surface area (Å²) in [6.07, 6.45) is 2.66. The molecule has 0 spiro atoms. The van der Waals surface area contributed by atoms with Crippen LogP contribution in [-0.4, -0.2) is 34.8 Å². The third-order valence-corrected chi connectivity index (χ3v) is 6.49. The molecule has 1 fully saturated rings. The number of nitrogens with one attached hydrogen (secondary N) is 1. The van der Waals surface area contributed by atoms with Crippen LogP contribution in [0, 0.1) is 12.7 Å². The van der Waals surface area contributed by atoms with Gasteiger partial charge >= 0.3 is 0 Å². The number of thiazole rings is 1. The number of likely N-dealkylation sites (tertiary alicyclic amines) is 1. The number of halogens is 1. The Morgan fingerprint density at radius 2 is 1.84 bits per heavy atom. The molecule has 0 bridgehead atoms. The molecule has 31 heavy (non-hydrogen) atoms. The molecule has 1 aliphatic heterocycles. The Bertz CT molecular complexity index is 1090. The predicted octanol–water partition coefficient (Wildman–Crippen LogP) is 4.35. The summed E-state index contributed by atoms with van der Waals surface area (Å²) < 4.78 is 13.1. The van der Waals surface area contributed by atoms with Crippen molar-refractivity contribution in [3.63, 3.8) is 0 Å². The average Bonchev–Trinajstić information content (AvgIpc) is 3.43. The van der Waals surface area contributed by atoms with Gasteiger partial charge in [-0.05, 0) is 55.2 Å². The maximum Gasteiger partial charge on any atom is 0.263 e. The first-order valence-corrected chi connectivity index (χ1v) is 11.2. The zero-order valence-electron chi connectivity index (χ0n) is 17.4. The van der Waals surface area contributed by atoms with Crippen molar-refractivity contribution in [3.05, 3.63) is 86.6 Å². The number of carbonyl (C=O) groups excluding carboxylic acids is 2. The van der Waals surface area contributed by atoms with Gasteiger partial charge in [-0.15, -0.1) is 11.3 Å². The van der Waals surface area contributed by atoms with E-state index >= 15 is 0 Å². The van der Waals surface area contributed by atoms with Crippen LogP contribution >= 0.6 is 11.3 Å². The van der Waals surface area contributed by atoms with Gasteiger partial charge in [0.25, 0.3) is 11.8 Å². The first-order chi connectivity index (χ1) is 15.0. The molecule has 1 N–H and O–H groups in total. The fourth-order valence-electron chi connectivity index (χ4n) is 3.70. The van der Waals surface area contributed by atoms with Crippen molar-refractivity contribution in [2.75, 3.05) is 13.1 Å². The highest BCUT2D eigenvalue weighted by molar-refractivity contribution is 7.13. The average molecular weight is 438 g/mol. The molecule has 7 heteroatoms. The van der Waals surface area contributed by atoms with Crippen LogP contribution in [0.1, 0.15) is 54.7 Å². The molecule has 1 aliphatic rings. The summed E-state index contributed by atoms with van der Waals surface area (Å²) in [6, 6.07) is 13.7. The molecule has 0 aliphatic carbocycles. The predicted molar refractivity (Wildman–Crippen MR) is 119 cm³/mol. The van der Waals surface area contributed by atoms with E-state index in [1.165, 1.54) is 23.5 Å². The van der Waals surface area contributed by atoms with E-state index in [2.05, 4.69) is 10.3 Å². The molecule has 3 aromatic rings. The van der Waals surface area contributed by atoms with Gasteiger partial charge in [-0.25, -0.2) is 9.37 Å². The van der Waals surface area contributed by atoms with Crippen molar-refractivity contribution in [1.29, 1.82) is 0 Å². The third-order valence-electron chi connectivity index (χ3n) is 5.34. The molecule has 0 atom stereocenters. The molecule has 1 saturated heterocycles. The first-order valence-electron chi connectivity index (χ1n) is 10.4. The number of aromatic nitrogens is 1. The lowest BCUT2D eigenvalue weighted by Gasteiger charge is -2.15. The standard InChI is InChI=1S/C24H24FN3O2S/c1-16-22(31-21(27-16)14-17-7-9-20(25)10-8-17)23(29)26-15-18-5-4-6-19(13-18)24(30)28-11-2-3-12-28/h4-10,13H,2-3,11-12,14-15H2,1H3,(H,26,29). The number of hydrogen-bond acceptors (Lipinski definition) is 4. The van der Waals surface area contributed by atoms with Gasteiger partial charge in [0.05, 0.1) is 10.7 Å². The molecule has 0 unspecified atom stereocenters. The second-order valence-electron chi connectivity index (χ2n) is 7.71. The highest BCUT2D eigenvalue weighted by atomic mass is 32.1. The van der Waals surface area contributed by atoms with Gasteiger partial charge in [0.2, 0.25) is 0 Å². The molecule has 0 saturated carbocycles. The molecular weight excluding hydrogens is 413 g/mol. The number of aryl methyl sites for hydroxylation is 1. The zero-order chi connectivity index (χ0) is 21.8. The van der Waals surface area contributed by atoms with E-state index in [4.69, 9.17) is 0 Å².